The number of nitrogens with one attached hydrogen (secondary N) is 1. The van der Waals surface area contributed by atoms with Gasteiger partial charge in [0.1, 0.15) is 5.82 Å². The van der Waals surface area contributed by atoms with Crippen LogP contribution in [0.5, 0.6) is 0 Å². The fraction of sp³-hybridized carbons (Fsp3) is 0.600. The Hall–Kier alpha value is -1.12. The van der Waals surface area contributed by atoms with Crippen LogP contribution in [-0.4, -0.2) is 16.7 Å². The van der Waals surface area contributed by atoms with Crippen molar-refractivity contribution in [3.05, 3.63) is 18.3 Å². The molecule has 0 spiro atoms. The standard InChI is InChI=1S/C10H17N3/c1-9(2)5-3-7-11-10-6-4-8-12-13-10/h4,6,8-9H,3,5,7H2,1-2H3,(H,11,13). The van der Waals surface area contributed by atoms with Gasteiger partial charge in [0.2, 0.25) is 0 Å². The van der Waals surface area contributed by atoms with Gasteiger partial charge in [-0.15, -0.1) is 5.10 Å². The maximum absolute atomic E-state index is 3.93. The highest BCUT2D eigenvalue weighted by Gasteiger charge is 1.94. The highest BCUT2D eigenvalue weighted by Crippen LogP contribution is 2.04. The Labute approximate surface area is 79.6 Å². The molecule has 1 aromatic rings. The van der Waals surface area contributed by atoms with Crippen molar-refractivity contribution in [3.63, 3.8) is 0 Å². The molecule has 0 radical (unpaired) electrons. The van der Waals surface area contributed by atoms with Crippen molar-refractivity contribution in [1.82, 2.24) is 10.2 Å². The smallest absolute Gasteiger partial charge is 0.148 e. The van der Waals surface area contributed by atoms with Crippen molar-refractivity contribution in [1.29, 1.82) is 0 Å². The molecule has 0 unspecified atom stereocenters. The molecule has 3 nitrogen and oxygen atoms in total. The van der Waals surface area contributed by atoms with E-state index in [1.54, 1.807) is 6.20 Å². The van der Waals surface area contributed by atoms with Crippen LogP contribution in [0, 0.1) is 5.92 Å². The van der Waals surface area contributed by atoms with Crippen molar-refractivity contribution in [2.45, 2.75) is 26.7 Å². The van der Waals surface area contributed by atoms with E-state index in [4.69, 9.17) is 0 Å². The molecule has 0 aromatic carbocycles. The Bertz CT molecular complexity index is 221. The van der Waals surface area contributed by atoms with E-state index < -0.39 is 0 Å². The molecular weight excluding hydrogens is 162 g/mol. The van der Waals surface area contributed by atoms with Crippen molar-refractivity contribution in [2.24, 2.45) is 5.92 Å². The van der Waals surface area contributed by atoms with Crippen LogP contribution in [0.4, 0.5) is 5.82 Å². The van der Waals surface area contributed by atoms with E-state index >= 15 is 0 Å². The molecule has 0 fully saturated rings. The van der Waals surface area contributed by atoms with E-state index in [0.29, 0.717) is 0 Å². The van der Waals surface area contributed by atoms with E-state index in [1.807, 2.05) is 12.1 Å². The van der Waals surface area contributed by atoms with Gasteiger partial charge in [0, 0.05) is 12.7 Å². The molecular formula is C10H17N3. The van der Waals surface area contributed by atoms with E-state index in [0.717, 1.165) is 18.3 Å². The zero-order valence-corrected chi connectivity index (χ0v) is 8.33. The van der Waals surface area contributed by atoms with Gasteiger partial charge in [-0.3, -0.25) is 0 Å². The van der Waals surface area contributed by atoms with Crippen LogP contribution in [0.2, 0.25) is 0 Å². The normalized spacial score (nSPS) is 10.4. The van der Waals surface area contributed by atoms with Gasteiger partial charge in [-0.05, 0) is 30.9 Å². The first kappa shape index (κ1) is 9.96. The molecule has 1 aromatic heterocycles. The molecule has 0 aliphatic carbocycles. The van der Waals surface area contributed by atoms with Crippen molar-refractivity contribution in [2.75, 3.05) is 11.9 Å². The van der Waals surface area contributed by atoms with E-state index in [2.05, 4.69) is 29.4 Å². The van der Waals surface area contributed by atoms with Crippen LogP contribution in [0.15, 0.2) is 18.3 Å². The molecule has 0 atom stereocenters. The summed E-state index contributed by atoms with van der Waals surface area (Å²) >= 11 is 0. The lowest BCUT2D eigenvalue weighted by atomic mass is 10.1. The third kappa shape index (κ3) is 4.45. The minimum absolute atomic E-state index is 0.781. The minimum Gasteiger partial charge on any atom is -0.369 e. The Morgan fingerprint density at radius 3 is 2.92 bits per heavy atom. The summed E-state index contributed by atoms with van der Waals surface area (Å²) in [5, 5.41) is 10.9. The Morgan fingerprint density at radius 2 is 2.31 bits per heavy atom. The second-order valence-electron chi connectivity index (χ2n) is 3.57. The number of hydrogen-bond acceptors (Lipinski definition) is 3. The van der Waals surface area contributed by atoms with Gasteiger partial charge < -0.3 is 5.32 Å². The first-order valence-electron chi connectivity index (χ1n) is 4.80. The zero-order valence-electron chi connectivity index (χ0n) is 8.33. The Kier molecular flexibility index (Phi) is 4.23. The average Bonchev–Trinajstić information content (AvgIpc) is 2.14. The summed E-state index contributed by atoms with van der Waals surface area (Å²) in [6, 6.07) is 3.82. The van der Waals surface area contributed by atoms with Crippen LogP contribution in [0.25, 0.3) is 0 Å². The first-order chi connectivity index (χ1) is 6.29. The molecule has 3 heteroatoms. The first-order valence-corrected chi connectivity index (χ1v) is 4.80. The maximum Gasteiger partial charge on any atom is 0.148 e. The maximum atomic E-state index is 3.93. The lowest BCUT2D eigenvalue weighted by Gasteiger charge is -2.05. The fourth-order valence-electron chi connectivity index (χ4n) is 1.12. The fourth-order valence-corrected chi connectivity index (χ4v) is 1.12. The molecule has 13 heavy (non-hydrogen) atoms. The van der Waals surface area contributed by atoms with Crippen molar-refractivity contribution < 1.29 is 0 Å². The van der Waals surface area contributed by atoms with Crippen LogP contribution in [-0.2, 0) is 0 Å². The second kappa shape index (κ2) is 5.51. The molecule has 0 bridgehead atoms. The van der Waals surface area contributed by atoms with Gasteiger partial charge >= 0.3 is 0 Å². The predicted octanol–water partition coefficient (Wildman–Crippen LogP) is 2.32. The van der Waals surface area contributed by atoms with Gasteiger partial charge in [0.05, 0.1) is 0 Å². The summed E-state index contributed by atoms with van der Waals surface area (Å²) in [7, 11) is 0. The minimum atomic E-state index is 0.781. The third-order valence-corrected chi connectivity index (χ3v) is 1.84. The lowest BCUT2D eigenvalue weighted by molar-refractivity contribution is 0.566. The summed E-state index contributed by atoms with van der Waals surface area (Å²) in [5.41, 5.74) is 0. The molecule has 0 aliphatic rings. The van der Waals surface area contributed by atoms with Gasteiger partial charge in [0.15, 0.2) is 0 Å². The molecule has 0 amide bonds. The van der Waals surface area contributed by atoms with Crippen molar-refractivity contribution in [3.8, 4) is 0 Å². The summed E-state index contributed by atoms with van der Waals surface area (Å²) in [6.45, 7) is 5.46. The summed E-state index contributed by atoms with van der Waals surface area (Å²) in [5.74, 6) is 1.65. The molecule has 1 heterocycles. The van der Waals surface area contributed by atoms with E-state index in [9.17, 15) is 0 Å². The van der Waals surface area contributed by atoms with Gasteiger partial charge in [-0.1, -0.05) is 13.8 Å². The van der Waals surface area contributed by atoms with Crippen LogP contribution in [0.1, 0.15) is 26.7 Å². The number of rotatable bonds is 5. The van der Waals surface area contributed by atoms with Gasteiger partial charge in [-0.25, -0.2) is 0 Å². The monoisotopic (exact) mass is 179 g/mol. The van der Waals surface area contributed by atoms with Gasteiger partial charge in [-0.2, -0.15) is 5.10 Å². The van der Waals surface area contributed by atoms with Crippen molar-refractivity contribution >= 4 is 5.82 Å². The van der Waals surface area contributed by atoms with E-state index in [-0.39, 0.29) is 0 Å². The average molecular weight is 179 g/mol. The molecule has 0 aliphatic heterocycles. The number of anilines is 1. The third-order valence-electron chi connectivity index (χ3n) is 1.84. The highest BCUT2D eigenvalue weighted by atomic mass is 15.2. The Balaban J connectivity index is 2.13. The predicted molar refractivity (Wildman–Crippen MR) is 54.6 cm³/mol. The molecule has 1 rings (SSSR count). The quantitative estimate of drug-likeness (QED) is 0.705. The summed E-state index contributed by atoms with van der Waals surface area (Å²) < 4.78 is 0. The summed E-state index contributed by atoms with van der Waals surface area (Å²) in [6.07, 6.45) is 4.13. The summed E-state index contributed by atoms with van der Waals surface area (Å²) in [4.78, 5) is 0. The second-order valence-corrected chi connectivity index (χ2v) is 3.57. The van der Waals surface area contributed by atoms with Crippen LogP contribution < -0.4 is 5.32 Å². The lowest BCUT2D eigenvalue weighted by Crippen LogP contribution is -2.04. The largest absolute Gasteiger partial charge is 0.369 e. The highest BCUT2D eigenvalue weighted by molar-refractivity contribution is 5.30. The van der Waals surface area contributed by atoms with Crippen LogP contribution in [0.3, 0.4) is 0 Å². The topological polar surface area (TPSA) is 37.8 Å². The number of aromatic nitrogens is 2. The molecule has 0 saturated carbocycles. The molecule has 0 saturated heterocycles. The zero-order chi connectivity index (χ0) is 9.52. The number of hydrogen-bond donors (Lipinski definition) is 1. The number of nitrogens with zero attached hydrogens (tertiary/aromatic N) is 2. The van der Waals surface area contributed by atoms with E-state index in [1.165, 1.54) is 12.8 Å². The van der Waals surface area contributed by atoms with Crippen LogP contribution >= 0.6 is 0 Å². The SMILES string of the molecule is CC(C)CCCNc1cccnn1. The Morgan fingerprint density at radius 1 is 1.46 bits per heavy atom. The molecule has 1 N–H and O–H groups in total. The van der Waals surface area contributed by atoms with Gasteiger partial charge in [0.25, 0.3) is 0 Å². The molecule has 72 valence electrons.